The molecular weight excluding hydrogens is 267 g/mol. The molecule has 0 N–H and O–H groups in total. The summed E-state index contributed by atoms with van der Waals surface area (Å²) in [6.07, 6.45) is 4.57. The van der Waals surface area contributed by atoms with Gasteiger partial charge in [-0.05, 0) is 51.8 Å². The van der Waals surface area contributed by atoms with Crippen LogP contribution in [0.3, 0.4) is 0 Å². The van der Waals surface area contributed by atoms with Crippen molar-refractivity contribution in [3.05, 3.63) is 35.9 Å². The smallest absolute Gasteiger partial charge is 0.189 e. The Balaban J connectivity index is 2.26. The minimum Gasteiger partial charge on any atom is -0.494 e. The van der Waals surface area contributed by atoms with E-state index in [4.69, 9.17) is 4.74 Å². The van der Waals surface area contributed by atoms with Crippen molar-refractivity contribution in [2.24, 2.45) is 0 Å². The lowest BCUT2D eigenvalue weighted by Crippen LogP contribution is -2.38. The molecule has 0 amide bonds. The van der Waals surface area contributed by atoms with Crippen LogP contribution in [0.2, 0.25) is 0 Å². The maximum Gasteiger partial charge on any atom is 0.189 e. The van der Waals surface area contributed by atoms with E-state index in [1.165, 1.54) is 7.11 Å². The molecule has 2 aromatic rings. The Morgan fingerprint density at radius 1 is 1.14 bits per heavy atom. The van der Waals surface area contributed by atoms with E-state index in [0.29, 0.717) is 23.3 Å². The molecule has 0 aromatic carbocycles. The fourth-order valence-electron chi connectivity index (χ4n) is 2.93. The van der Waals surface area contributed by atoms with Crippen molar-refractivity contribution < 1.29 is 9.13 Å². The van der Waals surface area contributed by atoms with Crippen molar-refractivity contribution in [2.45, 2.75) is 46.2 Å². The van der Waals surface area contributed by atoms with E-state index in [0.717, 1.165) is 18.5 Å². The Bertz CT molecular complexity index is 596. The molecule has 0 aliphatic carbocycles. The molecule has 0 aliphatic heterocycles. The molecule has 0 spiro atoms. The van der Waals surface area contributed by atoms with Gasteiger partial charge in [0.05, 0.1) is 12.6 Å². The van der Waals surface area contributed by atoms with Crippen LogP contribution in [0, 0.1) is 5.82 Å². The monoisotopic (exact) mass is 292 g/mol. The third-order valence-corrected chi connectivity index (χ3v) is 4.00. The van der Waals surface area contributed by atoms with Crippen molar-refractivity contribution in [1.29, 1.82) is 0 Å². The normalized spacial score (nSPS) is 12.0. The van der Waals surface area contributed by atoms with E-state index >= 15 is 0 Å². The van der Waals surface area contributed by atoms with Crippen LogP contribution in [-0.4, -0.2) is 35.0 Å². The Kier molecular flexibility index (Phi) is 4.88. The molecule has 0 aliphatic rings. The number of methoxy groups -OCH3 is 1. The minimum atomic E-state index is -0.277. The fourth-order valence-corrected chi connectivity index (χ4v) is 2.93. The number of pyridine rings is 1. The van der Waals surface area contributed by atoms with Gasteiger partial charge in [0.25, 0.3) is 0 Å². The van der Waals surface area contributed by atoms with Gasteiger partial charge in [-0.3, -0.25) is 4.90 Å². The van der Waals surface area contributed by atoms with Gasteiger partial charge < -0.3 is 9.14 Å². The maximum absolute atomic E-state index is 14.4. The van der Waals surface area contributed by atoms with Gasteiger partial charge in [0.15, 0.2) is 11.6 Å². The van der Waals surface area contributed by atoms with Crippen molar-refractivity contribution in [3.8, 4) is 5.75 Å². The topological polar surface area (TPSA) is 16.9 Å². The van der Waals surface area contributed by atoms with Crippen LogP contribution < -0.4 is 4.74 Å². The van der Waals surface area contributed by atoms with Crippen LogP contribution in [0.25, 0.3) is 5.52 Å². The summed E-state index contributed by atoms with van der Waals surface area (Å²) < 4.78 is 21.3. The molecule has 21 heavy (non-hydrogen) atoms. The van der Waals surface area contributed by atoms with E-state index in [1.54, 1.807) is 6.07 Å². The maximum atomic E-state index is 14.4. The predicted octanol–water partition coefficient (Wildman–Crippen LogP) is 3.75. The van der Waals surface area contributed by atoms with E-state index in [9.17, 15) is 4.39 Å². The molecule has 0 atom stereocenters. The average molecular weight is 292 g/mol. The van der Waals surface area contributed by atoms with Gasteiger partial charge >= 0.3 is 0 Å². The van der Waals surface area contributed by atoms with Crippen LogP contribution in [0.5, 0.6) is 5.75 Å². The summed E-state index contributed by atoms with van der Waals surface area (Å²) in [5.41, 5.74) is 1.65. The zero-order valence-corrected chi connectivity index (χ0v) is 13.6. The number of hydrogen-bond donors (Lipinski definition) is 0. The zero-order valence-electron chi connectivity index (χ0n) is 13.6. The minimum absolute atomic E-state index is 0.277. The van der Waals surface area contributed by atoms with E-state index in [1.807, 2.05) is 22.9 Å². The van der Waals surface area contributed by atoms with Crippen LogP contribution in [-0.2, 0) is 6.42 Å². The zero-order chi connectivity index (χ0) is 15.6. The Morgan fingerprint density at radius 3 is 2.33 bits per heavy atom. The van der Waals surface area contributed by atoms with Crippen molar-refractivity contribution in [1.82, 2.24) is 9.30 Å². The third-order valence-electron chi connectivity index (χ3n) is 4.00. The molecule has 0 saturated heterocycles. The van der Waals surface area contributed by atoms with Gasteiger partial charge in [0, 0.05) is 31.0 Å². The standard InChI is InChI=1S/C17H25FN2O/c1-12(2)20(13(3)4)11-7-14-6-9-19-10-8-15(21-5)16(18)17(14)19/h6,8-10,12-13H,7,11H2,1-5H3. The second-order valence-electron chi connectivity index (χ2n) is 5.97. The number of nitrogens with zero attached hydrogens (tertiary/aromatic N) is 2. The molecule has 3 nitrogen and oxygen atoms in total. The fraction of sp³-hybridized carbons (Fsp3) is 0.529. The van der Waals surface area contributed by atoms with E-state index in [-0.39, 0.29) is 5.82 Å². The second-order valence-corrected chi connectivity index (χ2v) is 5.97. The Labute approximate surface area is 126 Å². The van der Waals surface area contributed by atoms with Gasteiger partial charge in [-0.15, -0.1) is 0 Å². The number of rotatable bonds is 6. The highest BCUT2D eigenvalue weighted by molar-refractivity contribution is 5.60. The first kappa shape index (κ1) is 15.8. The molecular formula is C17H25FN2O. The number of ether oxygens (including phenoxy) is 1. The first-order chi connectivity index (χ1) is 9.95. The SMILES string of the molecule is COc1ccn2ccc(CCN(C(C)C)C(C)C)c2c1F. The molecule has 0 radical (unpaired) electrons. The highest BCUT2D eigenvalue weighted by Crippen LogP contribution is 2.25. The van der Waals surface area contributed by atoms with Crippen LogP contribution in [0.4, 0.5) is 4.39 Å². The summed E-state index contributed by atoms with van der Waals surface area (Å²) in [5, 5.41) is 0. The van der Waals surface area contributed by atoms with Gasteiger partial charge in [-0.1, -0.05) is 0 Å². The van der Waals surface area contributed by atoms with Crippen LogP contribution in [0.1, 0.15) is 33.3 Å². The molecule has 2 aromatic heterocycles. The van der Waals surface area contributed by atoms with Gasteiger partial charge in [-0.2, -0.15) is 0 Å². The number of halogens is 1. The lowest BCUT2D eigenvalue weighted by Gasteiger charge is -2.30. The molecule has 116 valence electrons. The molecule has 0 saturated carbocycles. The van der Waals surface area contributed by atoms with Crippen LogP contribution in [0.15, 0.2) is 24.5 Å². The molecule has 2 heterocycles. The lowest BCUT2D eigenvalue weighted by molar-refractivity contribution is 0.177. The molecule has 0 fully saturated rings. The number of aromatic nitrogens is 1. The molecule has 4 heteroatoms. The Hall–Kier alpha value is -1.55. The summed E-state index contributed by atoms with van der Waals surface area (Å²) in [6.45, 7) is 9.71. The van der Waals surface area contributed by atoms with E-state index < -0.39 is 0 Å². The highest BCUT2D eigenvalue weighted by atomic mass is 19.1. The largest absolute Gasteiger partial charge is 0.494 e. The first-order valence-electron chi connectivity index (χ1n) is 7.53. The van der Waals surface area contributed by atoms with Gasteiger partial charge in [-0.25, -0.2) is 4.39 Å². The molecule has 0 bridgehead atoms. The van der Waals surface area contributed by atoms with Crippen molar-refractivity contribution in [3.63, 3.8) is 0 Å². The highest BCUT2D eigenvalue weighted by Gasteiger charge is 2.16. The first-order valence-corrected chi connectivity index (χ1v) is 7.53. The summed E-state index contributed by atoms with van der Waals surface area (Å²) in [5.74, 6) is 0.0210. The van der Waals surface area contributed by atoms with Crippen molar-refractivity contribution in [2.75, 3.05) is 13.7 Å². The number of fused-ring (bicyclic) bond motifs is 1. The quantitative estimate of drug-likeness (QED) is 0.806. The second kappa shape index (κ2) is 6.48. The van der Waals surface area contributed by atoms with Crippen molar-refractivity contribution >= 4 is 5.52 Å². The summed E-state index contributed by atoms with van der Waals surface area (Å²) in [6, 6.07) is 4.62. The predicted molar refractivity (Wildman–Crippen MR) is 84.6 cm³/mol. The average Bonchev–Trinajstić information content (AvgIpc) is 2.83. The summed E-state index contributed by atoms with van der Waals surface area (Å²) in [4.78, 5) is 2.42. The van der Waals surface area contributed by atoms with Gasteiger partial charge in [0.1, 0.15) is 0 Å². The number of hydrogen-bond acceptors (Lipinski definition) is 2. The van der Waals surface area contributed by atoms with Gasteiger partial charge in [0.2, 0.25) is 0 Å². The Morgan fingerprint density at radius 2 is 1.76 bits per heavy atom. The van der Waals surface area contributed by atoms with Crippen LogP contribution >= 0.6 is 0 Å². The molecule has 2 rings (SSSR count). The summed E-state index contributed by atoms with van der Waals surface area (Å²) >= 11 is 0. The summed E-state index contributed by atoms with van der Waals surface area (Å²) in [7, 11) is 1.50. The van der Waals surface area contributed by atoms with E-state index in [2.05, 4.69) is 32.6 Å². The molecule has 0 unspecified atom stereocenters. The lowest BCUT2D eigenvalue weighted by atomic mass is 10.1. The third kappa shape index (κ3) is 3.21.